The topological polar surface area (TPSA) is 48.0 Å². The largest absolute Gasteiger partial charge is 0.383 e. The molecular weight excluding hydrogens is 346 g/mol. The summed E-state index contributed by atoms with van der Waals surface area (Å²) in [5, 5.41) is 1.25. The minimum absolute atomic E-state index is 0.101. The van der Waals surface area contributed by atoms with Gasteiger partial charge in [0.05, 0.1) is 40.0 Å². The van der Waals surface area contributed by atoms with Crippen LogP contribution < -0.4 is 0 Å². The van der Waals surface area contributed by atoms with Crippen molar-refractivity contribution in [2.24, 2.45) is 5.92 Å². The van der Waals surface area contributed by atoms with Crippen LogP contribution in [0.25, 0.3) is 0 Å². The molecule has 1 saturated heterocycles. The van der Waals surface area contributed by atoms with Gasteiger partial charge in [0.1, 0.15) is 0 Å². The molecule has 2 aliphatic rings. The van der Waals surface area contributed by atoms with Crippen LogP contribution in [0, 0.1) is 5.92 Å². The third-order valence-corrected chi connectivity index (χ3v) is 7.70. The third kappa shape index (κ3) is 4.24. The molecular formula is C20H37NO4Si. The van der Waals surface area contributed by atoms with Gasteiger partial charge in [0, 0.05) is 14.2 Å². The van der Waals surface area contributed by atoms with Gasteiger partial charge in [-0.05, 0) is 30.4 Å². The maximum absolute atomic E-state index is 14.0. The Balaban J connectivity index is 2.43. The molecule has 0 saturated carbocycles. The molecule has 2 heterocycles. The predicted molar refractivity (Wildman–Crippen MR) is 107 cm³/mol. The van der Waals surface area contributed by atoms with Crippen molar-refractivity contribution in [1.82, 2.24) is 4.90 Å². The van der Waals surface area contributed by atoms with Crippen molar-refractivity contribution in [3.05, 3.63) is 11.3 Å². The molecule has 0 aromatic carbocycles. The zero-order valence-electron chi connectivity index (χ0n) is 17.6. The van der Waals surface area contributed by atoms with Gasteiger partial charge in [-0.2, -0.15) is 0 Å². The van der Waals surface area contributed by atoms with Crippen LogP contribution in [0.1, 0.15) is 33.1 Å². The summed E-state index contributed by atoms with van der Waals surface area (Å²) >= 11 is 0. The summed E-state index contributed by atoms with van der Waals surface area (Å²) < 4.78 is 17.1. The lowest BCUT2D eigenvalue weighted by atomic mass is 9.90. The summed E-state index contributed by atoms with van der Waals surface area (Å²) in [5.74, 6) is 0.500. The fraction of sp³-hybridized carbons (Fsp3) is 0.850. The number of carbonyl (C=O) groups is 1. The minimum atomic E-state index is -1.70. The van der Waals surface area contributed by atoms with Crippen molar-refractivity contribution in [3.8, 4) is 0 Å². The first kappa shape index (κ1) is 21.6. The number of nitrogens with zero attached hydrogens (tertiary/aromatic N) is 1. The van der Waals surface area contributed by atoms with Gasteiger partial charge in [0.25, 0.3) is 5.91 Å². The quantitative estimate of drug-likeness (QED) is 0.604. The maximum Gasteiger partial charge on any atom is 0.259 e. The van der Waals surface area contributed by atoms with Gasteiger partial charge in [-0.15, -0.1) is 0 Å². The van der Waals surface area contributed by atoms with E-state index in [-0.39, 0.29) is 18.0 Å². The number of hydrogen-bond acceptors (Lipinski definition) is 4. The van der Waals surface area contributed by atoms with E-state index in [0.29, 0.717) is 25.7 Å². The molecule has 26 heavy (non-hydrogen) atoms. The van der Waals surface area contributed by atoms with Crippen LogP contribution in [0.5, 0.6) is 0 Å². The second-order valence-corrected chi connectivity index (χ2v) is 14.2. The average Bonchev–Trinajstić information content (AvgIpc) is 3.12. The Morgan fingerprint density at radius 2 is 1.77 bits per heavy atom. The second-order valence-electron chi connectivity index (χ2n) is 9.11. The van der Waals surface area contributed by atoms with Crippen molar-refractivity contribution < 1.29 is 19.0 Å². The summed E-state index contributed by atoms with van der Waals surface area (Å²) in [6.07, 6.45) is 4.83. The molecule has 0 N–H and O–H groups in total. The van der Waals surface area contributed by atoms with Gasteiger partial charge in [-0.25, -0.2) is 0 Å². The van der Waals surface area contributed by atoms with Gasteiger partial charge in [-0.3, -0.25) is 4.79 Å². The number of rotatable bonds is 8. The van der Waals surface area contributed by atoms with Crippen LogP contribution in [0.15, 0.2) is 11.3 Å². The molecule has 5 nitrogen and oxygen atoms in total. The minimum Gasteiger partial charge on any atom is -0.383 e. The van der Waals surface area contributed by atoms with Crippen molar-refractivity contribution >= 4 is 14.0 Å². The van der Waals surface area contributed by atoms with E-state index in [1.165, 1.54) is 5.20 Å². The van der Waals surface area contributed by atoms with Crippen molar-refractivity contribution in [1.29, 1.82) is 0 Å². The Morgan fingerprint density at radius 1 is 1.23 bits per heavy atom. The fourth-order valence-electron chi connectivity index (χ4n) is 4.64. The van der Waals surface area contributed by atoms with E-state index in [4.69, 9.17) is 14.2 Å². The standard InChI is InChI=1S/C20H37NO4Si/c1-15(2)12-20(18(10-11-25-20)26(5,6)7)19(22)21-16(13-23-3)8-9-17(21)14-24-4/h10,15-17H,8-9,11-14H2,1-7H3/t16-,17-,20-/m0/s1. The Hall–Kier alpha value is -0.693. The fourth-order valence-corrected chi connectivity index (χ4v) is 6.83. The average molecular weight is 384 g/mol. The van der Waals surface area contributed by atoms with Gasteiger partial charge >= 0.3 is 0 Å². The Kier molecular flexibility index (Phi) is 7.10. The van der Waals surface area contributed by atoms with E-state index in [0.717, 1.165) is 19.3 Å². The highest BCUT2D eigenvalue weighted by molar-refractivity contribution is 6.84. The van der Waals surface area contributed by atoms with E-state index in [9.17, 15) is 4.79 Å². The zero-order chi connectivity index (χ0) is 19.5. The first-order chi connectivity index (χ1) is 12.2. The molecule has 0 aromatic heterocycles. The number of carbonyl (C=O) groups excluding carboxylic acids is 1. The highest BCUT2D eigenvalue weighted by Crippen LogP contribution is 2.42. The Bertz CT molecular complexity index is 514. The van der Waals surface area contributed by atoms with Crippen molar-refractivity contribution in [3.63, 3.8) is 0 Å². The smallest absolute Gasteiger partial charge is 0.259 e. The van der Waals surface area contributed by atoms with E-state index in [1.807, 2.05) is 4.90 Å². The summed E-state index contributed by atoms with van der Waals surface area (Å²) in [6.45, 7) is 12.9. The first-order valence-corrected chi connectivity index (χ1v) is 13.3. The van der Waals surface area contributed by atoms with Crippen LogP contribution in [0.2, 0.25) is 19.6 Å². The van der Waals surface area contributed by atoms with Crippen LogP contribution in [-0.2, 0) is 19.0 Å². The van der Waals surface area contributed by atoms with Gasteiger partial charge < -0.3 is 19.1 Å². The lowest BCUT2D eigenvalue weighted by molar-refractivity contribution is -0.156. The van der Waals surface area contributed by atoms with Crippen molar-refractivity contribution in [2.45, 2.75) is 70.4 Å². The Morgan fingerprint density at radius 3 is 2.19 bits per heavy atom. The molecule has 1 fully saturated rings. The van der Waals surface area contributed by atoms with E-state index < -0.39 is 13.7 Å². The lowest BCUT2D eigenvalue weighted by Crippen LogP contribution is -2.59. The third-order valence-electron chi connectivity index (χ3n) is 5.47. The molecule has 6 heteroatoms. The van der Waals surface area contributed by atoms with Crippen LogP contribution in [0.3, 0.4) is 0 Å². The normalized spacial score (nSPS) is 29.5. The van der Waals surface area contributed by atoms with E-state index >= 15 is 0 Å². The number of amides is 1. The summed E-state index contributed by atoms with van der Waals surface area (Å²) in [6, 6.07) is 0.201. The lowest BCUT2D eigenvalue weighted by Gasteiger charge is -2.42. The van der Waals surface area contributed by atoms with Crippen LogP contribution >= 0.6 is 0 Å². The number of hydrogen-bond donors (Lipinski definition) is 0. The molecule has 0 spiro atoms. The second kappa shape index (κ2) is 8.55. The van der Waals surface area contributed by atoms with Gasteiger partial charge in [0.15, 0.2) is 5.60 Å². The molecule has 0 bridgehead atoms. The van der Waals surface area contributed by atoms with Gasteiger partial charge in [0.2, 0.25) is 0 Å². The molecule has 0 radical (unpaired) electrons. The summed E-state index contributed by atoms with van der Waals surface area (Å²) in [7, 11) is 1.71. The summed E-state index contributed by atoms with van der Waals surface area (Å²) in [4.78, 5) is 16.0. The maximum atomic E-state index is 14.0. The molecule has 0 aromatic rings. The first-order valence-electron chi connectivity index (χ1n) is 9.83. The summed E-state index contributed by atoms with van der Waals surface area (Å²) in [5.41, 5.74) is -0.805. The monoisotopic (exact) mass is 383 g/mol. The highest BCUT2D eigenvalue weighted by Gasteiger charge is 2.54. The van der Waals surface area contributed by atoms with Crippen molar-refractivity contribution in [2.75, 3.05) is 34.0 Å². The zero-order valence-corrected chi connectivity index (χ0v) is 18.6. The van der Waals surface area contributed by atoms with Crippen LogP contribution in [-0.4, -0.2) is 70.6 Å². The van der Waals surface area contributed by atoms with Crippen LogP contribution in [0.4, 0.5) is 0 Å². The molecule has 2 rings (SSSR count). The number of ether oxygens (including phenoxy) is 3. The molecule has 1 amide bonds. The highest BCUT2D eigenvalue weighted by atomic mass is 28.3. The van der Waals surface area contributed by atoms with E-state index in [2.05, 4.69) is 39.6 Å². The molecule has 2 aliphatic heterocycles. The molecule has 0 aliphatic carbocycles. The van der Waals surface area contributed by atoms with E-state index in [1.54, 1.807) is 14.2 Å². The predicted octanol–water partition coefficient (Wildman–Crippen LogP) is 3.26. The molecule has 0 unspecified atom stereocenters. The Labute approximate surface area is 160 Å². The number of likely N-dealkylation sites (tertiary alicyclic amines) is 1. The molecule has 3 atom stereocenters. The van der Waals surface area contributed by atoms with Gasteiger partial charge in [-0.1, -0.05) is 39.6 Å². The number of methoxy groups -OCH3 is 2. The molecule has 150 valence electrons. The SMILES string of the molecule is COC[C@@H]1CC[C@@H](COC)N1C(=O)[C@@]1(CC(C)C)OCC=C1[Si](C)(C)C.